The molecule has 122 valence electrons. The van der Waals surface area contributed by atoms with Crippen LogP contribution in [-0.4, -0.2) is 23.0 Å². The van der Waals surface area contributed by atoms with Crippen molar-refractivity contribution in [2.24, 2.45) is 0 Å². The van der Waals surface area contributed by atoms with Crippen molar-refractivity contribution in [3.63, 3.8) is 0 Å². The lowest BCUT2D eigenvalue weighted by Gasteiger charge is -2.08. The highest BCUT2D eigenvalue weighted by Gasteiger charge is 2.14. The standard InChI is InChI=1S/C18H17N3O3/c1-11-3-5-12(6-4-11)10-20-17(22)14-9-13-15(24-2)7-8-19-16(13)21-18(14)23/h3-9H,10H2,1-2H3,(H,20,22)(H,19,21,23). The van der Waals surface area contributed by atoms with Crippen LogP contribution in [0, 0.1) is 6.92 Å². The predicted octanol–water partition coefficient (Wildman–Crippen LogP) is 2.17. The molecule has 0 radical (unpaired) electrons. The minimum atomic E-state index is -0.482. The smallest absolute Gasteiger partial charge is 0.262 e. The van der Waals surface area contributed by atoms with Crippen LogP contribution in [0.5, 0.6) is 5.75 Å². The summed E-state index contributed by atoms with van der Waals surface area (Å²) in [5, 5.41) is 3.34. The number of nitrogens with zero attached hydrogens (tertiary/aromatic N) is 1. The number of fused-ring (bicyclic) bond motifs is 1. The van der Waals surface area contributed by atoms with Crippen LogP contribution in [0.1, 0.15) is 21.5 Å². The third kappa shape index (κ3) is 3.12. The van der Waals surface area contributed by atoms with Gasteiger partial charge >= 0.3 is 0 Å². The van der Waals surface area contributed by atoms with Crippen molar-refractivity contribution >= 4 is 16.9 Å². The molecule has 0 spiro atoms. The van der Waals surface area contributed by atoms with E-state index < -0.39 is 11.5 Å². The van der Waals surface area contributed by atoms with E-state index in [1.54, 1.807) is 6.07 Å². The number of aromatic amines is 1. The van der Waals surface area contributed by atoms with Gasteiger partial charge in [0, 0.05) is 12.7 Å². The Morgan fingerprint density at radius 2 is 2.00 bits per heavy atom. The first-order chi connectivity index (χ1) is 11.6. The molecule has 6 nitrogen and oxygen atoms in total. The van der Waals surface area contributed by atoms with E-state index in [2.05, 4.69) is 15.3 Å². The normalized spacial score (nSPS) is 10.6. The number of hydrogen-bond acceptors (Lipinski definition) is 4. The Morgan fingerprint density at radius 1 is 1.25 bits per heavy atom. The highest BCUT2D eigenvalue weighted by molar-refractivity contribution is 5.97. The summed E-state index contributed by atoms with van der Waals surface area (Å²) in [6, 6.07) is 11.0. The molecule has 3 aromatic rings. The Morgan fingerprint density at radius 3 is 2.71 bits per heavy atom. The van der Waals surface area contributed by atoms with Gasteiger partial charge in [-0.2, -0.15) is 0 Å². The molecule has 0 aliphatic rings. The molecular formula is C18H17N3O3. The van der Waals surface area contributed by atoms with Gasteiger partial charge in [-0.1, -0.05) is 29.8 Å². The Hall–Kier alpha value is -3.15. The SMILES string of the molecule is COc1ccnc2[nH]c(=O)c(C(=O)NCc3ccc(C)cc3)cc12. The Kier molecular flexibility index (Phi) is 4.29. The van der Waals surface area contributed by atoms with Gasteiger partial charge in [0.1, 0.15) is 17.0 Å². The van der Waals surface area contributed by atoms with Gasteiger partial charge in [-0.3, -0.25) is 9.59 Å². The summed E-state index contributed by atoms with van der Waals surface area (Å²) in [4.78, 5) is 31.2. The van der Waals surface area contributed by atoms with Crippen LogP contribution < -0.4 is 15.6 Å². The van der Waals surface area contributed by atoms with E-state index in [0.717, 1.165) is 11.1 Å². The molecule has 0 aliphatic heterocycles. The van der Waals surface area contributed by atoms with Crippen molar-refractivity contribution in [1.82, 2.24) is 15.3 Å². The van der Waals surface area contributed by atoms with E-state index in [-0.39, 0.29) is 5.56 Å². The van der Waals surface area contributed by atoms with E-state index in [1.165, 1.54) is 19.4 Å². The van der Waals surface area contributed by atoms with Gasteiger partial charge in [-0.25, -0.2) is 4.98 Å². The summed E-state index contributed by atoms with van der Waals surface area (Å²) < 4.78 is 5.25. The van der Waals surface area contributed by atoms with E-state index in [1.807, 2.05) is 31.2 Å². The first-order valence-electron chi connectivity index (χ1n) is 7.48. The summed E-state index contributed by atoms with van der Waals surface area (Å²) in [7, 11) is 1.52. The van der Waals surface area contributed by atoms with Crippen LogP contribution in [0.2, 0.25) is 0 Å². The fourth-order valence-electron chi connectivity index (χ4n) is 2.41. The van der Waals surface area contributed by atoms with Gasteiger partial charge in [0.2, 0.25) is 0 Å². The number of pyridine rings is 2. The van der Waals surface area contributed by atoms with Gasteiger partial charge in [0.25, 0.3) is 11.5 Å². The molecule has 1 aromatic carbocycles. The number of H-pyrrole nitrogens is 1. The average Bonchev–Trinajstić information content (AvgIpc) is 2.59. The Labute approximate surface area is 138 Å². The first-order valence-corrected chi connectivity index (χ1v) is 7.48. The van der Waals surface area contributed by atoms with Gasteiger partial charge < -0.3 is 15.0 Å². The zero-order valence-electron chi connectivity index (χ0n) is 13.4. The average molecular weight is 323 g/mol. The number of amides is 1. The van der Waals surface area contributed by atoms with Gasteiger partial charge in [-0.15, -0.1) is 0 Å². The predicted molar refractivity (Wildman–Crippen MR) is 91.3 cm³/mol. The molecule has 2 N–H and O–H groups in total. The molecule has 0 fully saturated rings. The van der Waals surface area contributed by atoms with Gasteiger partial charge in [0.15, 0.2) is 0 Å². The van der Waals surface area contributed by atoms with E-state index in [4.69, 9.17) is 4.74 Å². The van der Waals surface area contributed by atoms with Gasteiger partial charge in [-0.05, 0) is 24.6 Å². The number of rotatable bonds is 4. The highest BCUT2D eigenvalue weighted by Crippen LogP contribution is 2.21. The fourth-order valence-corrected chi connectivity index (χ4v) is 2.41. The van der Waals surface area contributed by atoms with Crippen molar-refractivity contribution < 1.29 is 9.53 Å². The van der Waals surface area contributed by atoms with Crippen LogP contribution in [0.3, 0.4) is 0 Å². The molecule has 0 unspecified atom stereocenters. The number of aryl methyl sites for hydroxylation is 1. The van der Waals surface area contributed by atoms with Crippen molar-refractivity contribution in [1.29, 1.82) is 0 Å². The lowest BCUT2D eigenvalue weighted by Crippen LogP contribution is -2.29. The molecule has 0 bridgehead atoms. The fraction of sp³-hybridized carbons (Fsp3) is 0.167. The number of hydrogen-bond donors (Lipinski definition) is 2. The number of nitrogens with one attached hydrogen (secondary N) is 2. The molecule has 2 aromatic heterocycles. The molecule has 0 saturated carbocycles. The van der Waals surface area contributed by atoms with E-state index in [0.29, 0.717) is 23.3 Å². The van der Waals surface area contributed by atoms with Crippen molar-refractivity contribution in [3.8, 4) is 5.75 Å². The molecule has 6 heteroatoms. The van der Waals surface area contributed by atoms with Crippen LogP contribution in [0.4, 0.5) is 0 Å². The second kappa shape index (κ2) is 6.54. The summed E-state index contributed by atoms with van der Waals surface area (Å²) in [5.41, 5.74) is 2.04. The summed E-state index contributed by atoms with van der Waals surface area (Å²) >= 11 is 0. The third-order valence-corrected chi connectivity index (χ3v) is 3.75. The second-order valence-electron chi connectivity index (χ2n) is 5.46. The number of methoxy groups -OCH3 is 1. The van der Waals surface area contributed by atoms with E-state index >= 15 is 0 Å². The summed E-state index contributed by atoms with van der Waals surface area (Å²) in [6.45, 7) is 2.35. The molecule has 1 amide bonds. The maximum Gasteiger partial charge on any atom is 0.262 e. The zero-order chi connectivity index (χ0) is 17.1. The topological polar surface area (TPSA) is 84.1 Å². The van der Waals surface area contributed by atoms with Crippen LogP contribution in [0.25, 0.3) is 11.0 Å². The lowest BCUT2D eigenvalue weighted by atomic mass is 10.1. The molecular weight excluding hydrogens is 306 g/mol. The molecule has 0 aliphatic carbocycles. The Bertz CT molecular complexity index is 946. The maximum atomic E-state index is 12.4. The number of aromatic nitrogens is 2. The zero-order valence-corrected chi connectivity index (χ0v) is 13.4. The minimum Gasteiger partial charge on any atom is -0.496 e. The van der Waals surface area contributed by atoms with Crippen LogP contribution in [-0.2, 0) is 6.54 Å². The monoisotopic (exact) mass is 323 g/mol. The molecule has 3 rings (SSSR count). The molecule has 0 saturated heterocycles. The number of carbonyl (C=O) groups is 1. The first kappa shape index (κ1) is 15.7. The Balaban J connectivity index is 1.87. The van der Waals surface area contributed by atoms with Crippen LogP contribution >= 0.6 is 0 Å². The minimum absolute atomic E-state index is 0.0286. The molecule has 2 heterocycles. The maximum absolute atomic E-state index is 12.4. The summed E-state index contributed by atoms with van der Waals surface area (Å²) in [5.74, 6) is 0.105. The number of benzene rings is 1. The molecule has 24 heavy (non-hydrogen) atoms. The van der Waals surface area contributed by atoms with Gasteiger partial charge in [0.05, 0.1) is 12.5 Å². The lowest BCUT2D eigenvalue weighted by molar-refractivity contribution is 0.0949. The number of ether oxygens (including phenoxy) is 1. The van der Waals surface area contributed by atoms with Crippen molar-refractivity contribution in [2.75, 3.05) is 7.11 Å². The quantitative estimate of drug-likeness (QED) is 0.771. The van der Waals surface area contributed by atoms with Crippen molar-refractivity contribution in [2.45, 2.75) is 13.5 Å². The van der Waals surface area contributed by atoms with Crippen molar-refractivity contribution in [3.05, 3.63) is 69.6 Å². The molecule has 0 atom stereocenters. The van der Waals surface area contributed by atoms with Crippen LogP contribution in [0.15, 0.2) is 47.4 Å². The van der Waals surface area contributed by atoms with E-state index in [9.17, 15) is 9.59 Å². The summed E-state index contributed by atoms with van der Waals surface area (Å²) in [6.07, 6.45) is 1.54. The largest absolute Gasteiger partial charge is 0.496 e. The number of carbonyl (C=O) groups excluding carboxylic acids is 1. The third-order valence-electron chi connectivity index (χ3n) is 3.75. The highest BCUT2D eigenvalue weighted by atomic mass is 16.5. The second-order valence-corrected chi connectivity index (χ2v) is 5.46.